The van der Waals surface area contributed by atoms with Gasteiger partial charge in [0, 0.05) is 30.1 Å². The lowest BCUT2D eigenvalue weighted by Gasteiger charge is -2.21. The molecule has 2 aromatic heterocycles. The Hall–Kier alpha value is -1.72. The monoisotopic (exact) mass is 288 g/mol. The van der Waals surface area contributed by atoms with Crippen molar-refractivity contribution < 1.29 is 9.90 Å². The zero-order chi connectivity index (χ0) is 13.9. The Labute approximate surface area is 121 Å². The summed E-state index contributed by atoms with van der Waals surface area (Å²) in [6.45, 7) is 1.21. The van der Waals surface area contributed by atoms with Crippen LogP contribution in [0.3, 0.4) is 0 Å². The van der Waals surface area contributed by atoms with Crippen LogP contribution in [0.1, 0.15) is 20.9 Å². The summed E-state index contributed by atoms with van der Waals surface area (Å²) in [6.07, 6.45) is 2.52. The van der Waals surface area contributed by atoms with Gasteiger partial charge in [-0.05, 0) is 30.0 Å². The Morgan fingerprint density at radius 2 is 2.30 bits per heavy atom. The van der Waals surface area contributed by atoms with Gasteiger partial charge in [0.15, 0.2) is 0 Å². The summed E-state index contributed by atoms with van der Waals surface area (Å²) in [7, 11) is 0. The lowest BCUT2D eigenvalue weighted by atomic mass is 10.1. The quantitative estimate of drug-likeness (QED) is 0.915. The zero-order valence-electron chi connectivity index (χ0n) is 11.0. The molecular weight excluding hydrogens is 272 g/mol. The molecule has 1 aliphatic rings. The number of carbonyl (C=O) groups is 1. The molecule has 1 aliphatic heterocycles. The average Bonchev–Trinajstić information content (AvgIpc) is 3.08. The van der Waals surface area contributed by atoms with Crippen molar-refractivity contribution in [1.82, 2.24) is 9.88 Å². The highest BCUT2D eigenvalue weighted by atomic mass is 32.1. The first-order valence-electron chi connectivity index (χ1n) is 6.64. The largest absolute Gasteiger partial charge is 0.396 e. The molecule has 0 fully saturated rings. The molecule has 0 radical (unpaired) electrons. The number of hydrogen-bond donors (Lipinski definition) is 1. The van der Waals surface area contributed by atoms with Gasteiger partial charge in [-0.25, -0.2) is 0 Å². The van der Waals surface area contributed by atoms with Crippen LogP contribution in [0, 0.1) is 5.92 Å². The summed E-state index contributed by atoms with van der Waals surface area (Å²) in [5.74, 6) is 0.102. The molecule has 3 rings (SSSR count). The van der Waals surface area contributed by atoms with Crippen LogP contribution in [0.25, 0.3) is 0 Å². The maximum atomic E-state index is 12.3. The van der Waals surface area contributed by atoms with Gasteiger partial charge in [0.1, 0.15) is 0 Å². The summed E-state index contributed by atoms with van der Waals surface area (Å²) in [5.41, 5.74) is 1.53. The van der Waals surface area contributed by atoms with Gasteiger partial charge in [0.25, 0.3) is 5.91 Å². The molecule has 2 aromatic rings. The smallest absolute Gasteiger partial charge is 0.256 e. The molecule has 3 heterocycles. The molecule has 0 aliphatic carbocycles. The van der Waals surface area contributed by atoms with Crippen LogP contribution >= 0.6 is 11.3 Å². The Morgan fingerprint density at radius 1 is 1.40 bits per heavy atom. The van der Waals surface area contributed by atoms with Crippen LogP contribution in [-0.2, 0) is 13.0 Å². The van der Waals surface area contributed by atoms with E-state index in [1.165, 1.54) is 4.88 Å². The first-order valence-corrected chi connectivity index (χ1v) is 7.52. The maximum absolute atomic E-state index is 12.3. The first-order chi connectivity index (χ1) is 9.78. The summed E-state index contributed by atoms with van der Waals surface area (Å²) in [4.78, 5) is 19.5. The first kappa shape index (κ1) is 13.3. The number of fused-ring (bicyclic) bond motifs is 1. The molecule has 0 saturated heterocycles. The Kier molecular flexibility index (Phi) is 3.80. The minimum Gasteiger partial charge on any atom is -0.396 e. The molecule has 0 aromatic carbocycles. The van der Waals surface area contributed by atoms with Gasteiger partial charge in [-0.2, -0.15) is 0 Å². The van der Waals surface area contributed by atoms with Gasteiger partial charge < -0.3 is 10.0 Å². The molecule has 1 amide bonds. The lowest BCUT2D eigenvalue weighted by Crippen LogP contribution is -2.32. The minimum atomic E-state index is 0.0257. The van der Waals surface area contributed by atoms with Crippen LogP contribution in [0.2, 0.25) is 0 Å². The third-order valence-corrected chi connectivity index (χ3v) is 4.45. The van der Waals surface area contributed by atoms with Gasteiger partial charge in [-0.15, -0.1) is 11.3 Å². The van der Waals surface area contributed by atoms with E-state index in [4.69, 9.17) is 0 Å². The van der Waals surface area contributed by atoms with E-state index in [9.17, 15) is 9.90 Å². The Bertz CT molecular complexity index is 598. The minimum absolute atomic E-state index is 0.0257. The molecular formula is C15H16N2O2S. The van der Waals surface area contributed by atoms with Crippen molar-refractivity contribution in [3.63, 3.8) is 0 Å². The molecule has 0 saturated carbocycles. The number of pyridine rings is 1. The van der Waals surface area contributed by atoms with E-state index >= 15 is 0 Å². The molecule has 0 spiro atoms. The number of thiophene rings is 1. The molecule has 1 unspecified atom stereocenters. The highest BCUT2D eigenvalue weighted by molar-refractivity contribution is 7.09. The summed E-state index contributed by atoms with van der Waals surface area (Å²) in [5, 5.41) is 11.6. The fourth-order valence-electron chi connectivity index (χ4n) is 2.54. The van der Waals surface area contributed by atoms with Crippen molar-refractivity contribution in [1.29, 1.82) is 0 Å². The van der Waals surface area contributed by atoms with Crippen molar-refractivity contribution >= 4 is 17.2 Å². The van der Waals surface area contributed by atoms with Crippen LogP contribution in [0.5, 0.6) is 0 Å². The van der Waals surface area contributed by atoms with Crippen molar-refractivity contribution in [2.75, 3.05) is 13.2 Å². The number of hydrogen-bond acceptors (Lipinski definition) is 4. The van der Waals surface area contributed by atoms with E-state index in [1.807, 2.05) is 17.5 Å². The number of aliphatic hydroxyl groups is 1. The standard InChI is InChI=1S/C15H16N2O2S/c18-10-11(7-12-3-2-6-20-12)8-17-9-14-13(15(17)19)4-1-5-16-14/h1-6,11,18H,7-10H2. The van der Waals surface area contributed by atoms with Crippen LogP contribution < -0.4 is 0 Å². The van der Waals surface area contributed by atoms with Gasteiger partial charge in [0.2, 0.25) is 0 Å². The van der Waals surface area contributed by atoms with Crippen LogP contribution in [0.4, 0.5) is 0 Å². The van der Waals surface area contributed by atoms with Crippen molar-refractivity contribution in [2.24, 2.45) is 5.92 Å². The SMILES string of the molecule is O=C1c2cccnc2CN1CC(CO)Cc1cccs1. The average molecular weight is 288 g/mol. The van der Waals surface area contributed by atoms with Crippen LogP contribution in [0.15, 0.2) is 35.8 Å². The molecule has 1 N–H and O–H groups in total. The number of nitrogens with zero attached hydrogens (tertiary/aromatic N) is 2. The predicted octanol–water partition coefficient (Wildman–Crippen LogP) is 1.95. The van der Waals surface area contributed by atoms with E-state index in [0.29, 0.717) is 18.7 Å². The van der Waals surface area contributed by atoms with Gasteiger partial charge in [-0.3, -0.25) is 9.78 Å². The zero-order valence-corrected chi connectivity index (χ0v) is 11.8. The van der Waals surface area contributed by atoms with Crippen molar-refractivity contribution in [3.8, 4) is 0 Å². The fourth-order valence-corrected chi connectivity index (χ4v) is 3.36. The van der Waals surface area contributed by atoms with Crippen molar-refractivity contribution in [3.05, 3.63) is 52.0 Å². The number of rotatable bonds is 5. The molecule has 104 valence electrons. The lowest BCUT2D eigenvalue weighted by molar-refractivity contribution is 0.0724. The number of aliphatic hydroxyl groups excluding tert-OH is 1. The molecule has 20 heavy (non-hydrogen) atoms. The fraction of sp³-hybridized carbons (Fsp3) is 0.333. The molecule has 1 atom stereocenters. The third-order valence-electron chi connectivity index (χ3n) is 3.56. The van der Waals surface area contributed by atoms with E-state index in [-0.39, 0.29) is 18.4 Å². The summed E-state index contributed by atoms with van der Waals surface area (Å²) < 4.78 is 0. The number of aromatic nitrogens is 1. The third kappa shape index (κ3) is 2.59. The normalized spacial score (nSPS) is 15.4. The van der Waals surface area contributed by atoms with E-state index in [2.05, 4.69) is 11.1 Å². The van der Waals surface area contributed by atoms with Crippen molar-refractivity contribution in [2.45, 2.75) is 13.0 Å². The van der Waals surface area contributed by atoms with Crippen LogP contribution in [-0.4, -0.2) is 34.0 Å². The van der Waals surface area contributed by atoms with E-state index in [1.54, 1.807) is 28.5 Å². The second-order valence-corrected chi connectivity index (χ2v) is 6.05. The van der Waals surface area contributed by atoms with Gasteiger partial charge >= 0.3 is 0 Å². The second-order valence-electron chi connectivity index (χ2n) is 5.02. The highest BCUT2D eigenvalue weighted by Gasteiger charge is 2.29. The Balaban J connectivity index is 1.67. The summed E-state index contributed by atoms with van der Waals surface area (Å²) >= 11 is 1.69. The molecule has 0 bridgehead atoms. The number of carbonyl (C=O) groups excluding carboxylic acids is 1. The predicted molar refractivity (Wildman–Crippen MR) is 77.6 cm³/mol. The summed E-state index contributed by atoms with van der Waals surface area (Å²) in [6, 6.07) is 7.68. The number of amides is 1. The maximum Gasteiger partial charge on any atom is 0.256 e. The second kappa shape index (κ2) is 5.73. The molecule has 5 heteroatoms. The topological polar surface area (TPSA) is 53.4 Å². The van der Waals surface area contributed by atoms with Gasteiger partial charge in [0.05, 0.1) is 17.8 Å². The molecule has 4 nitrogen and oxygen atoms in total. The van der Waals surface area contributed by atoms with E-state index in [0.717, 1.165) is 12.1 Å². The van der Waals surface area contributed by atoms with E-state index < -0.39 is 0 Å². The van der Waals surface area contributed by atoms with Gasteiger partial charge in [-0.1, -0.05) is 6.07 Å². The Morgan fingerprint density at radius 3 is 3.00 bits per heavy atom. The highest BCUT2D eigenvalue weighted by Crippen LogP contribution is 2.23.